The van der Waals surface area contributed by atoms with Crippen LogP contribution in [-0.4, -0.2) is 31.1 Å². The lowest BCUT2D eigenvalue weighted by atomic mass is 10.0. The van der Waals surface area contributed by atoms with E-state index in [1.54, 1.807) is 0 Å². The summed E-state index contributed by atoms with van der Waals surface area (Å²) in [4.78, 5) is 2.40. The molecule has 2 rings (SSSR count). The first-order chi connectivity index (χ1) is 7.78. The second-order valence-electron chi connectivity index (χ2n) is 4.77. The molecule has 2 nitrogen and oxygen atoms in total. The molecule has 0 unspecified atom stereocenters. The zero-order chi connectivity index (χ0) is 11.4. The zero-order valence-electron chi connectivity index (χ0n) is 10.4. The lowest BCUT2D eigenvalue weighted by Gasteiger charge is -2.30. The van der Waals surface area contributed by atoms with E-state index in [0.717, 1.165) is 6.42 Å². The molecule has 1 saturated heterocycles. The molecule has 1 aromatic carbocycles. The Morgan fingerprint density at radius 2 is 1.81 bits per heavy atom. The van der Waals surface area contributed by atoms with E-state index in [1.165, 1.54) is 37.2 Å². The van der Waals surface area contributed by atoms with Gasteiger partial charge in [-0.3, -0.25) is 0 Å². The summed E-state index contributed by atoms with van der Waals surface area (Å²) in [6, 6.07) is 9.51. The Balaban J connectivity index is 1.88. The van der Waals surface area contributed by atoms with Gasteiger partial charge in [0.05, 0.1) is 0 Å². The summed E-state index contributed by atoms with van der Waals surface area (Å²) in [7, 11) is 2.20. The molecule has 0 bridgehead atoms. The van der Waals surface area contributed by atoms with Crippen molar-refractivity contribution >= 4 is 5.69 Å². The van der Waals surface area contributed by atoms with E-state index in [4.69, 9.17) is 0 Å². The fourth-order valence-electron chi connectivity index (χ4n) is 2.23. The van der Waals surface area contributed by atoms with Gasteiger partial charge < -0.3 is 10.2 Å². The SMILES string of the molecule is CCc1ccc(NC2CCN(C)CC2)cc1. The summed E-state index contributed by atoms with van der Waals surface area (Å²) in [5.74, 6) is 0. The summed E-state index contributed by atoms with van der Waals surface area (Å²) in [6.07, 6.45) is 3.63. The highest BCUT2D eigenvalue weighted by molar-refractivity contribution is 5.45. The highest BCUT2D eigenvalue weighted by Gasteiger charge is 2.15. The molecule has 0 spiro atoms. The average molecular weight is 218 g/mol. The predicted molar refractivity (Wildman–Crippen MR) is 70.0 cm³/mol. The number of aryl methyl sites for hydroxylation is 1. The van der Waals surface area contributed by atoms with Gasteiger partial charge in [0.1, 0.15) is 0 Å². The van der Waals surface area contributed by atoms with Gasteiger partial charge in [0.2, 0.25) is 0 Å². The summed E-state index contributed by atoms with van der Waals surface area (Å²) in [5.41, 5.74) is 2.68. The number of benzene rings is 1. The van der Waals surface area contributed by atoms with Crippen LogP contribution in [0.5, 0.6) is 0 Å². The molecule has 0 atom stereocenters. The highest BCUT2D eigenvalue weighted by Crippen LogP contribution is 2.16. The normalized spacial score (nSPS) is 18.6. The van der Waals surface area contributed by atoms with Gasteiger partial charge in [-0.05, 0) is 57.1 Å². The van der Waals surface area contributed by atoms with Crippen LogP contribution in [0.25, 0.3) is 0 Å². The third-order valence-electron chi connectivity index (χ3n) is 3.45. The van der Waals surface area contributed by atoms with Crippen molar-refractivity contribution in [1.29, 1.82) is 0 Å². The van der Waals surface area contributed by atoms with Crippen molar-refractivity contribution in [1.82, 2.24) is 4.90 Å². The third-order valence-corrected chi connectivity index (χ3v) is 3.45. The van der Waals surface area contributed by atoms with Crippen LogP contribution in [0.4, 0.5) is 5.69 Å². The standard InChI is InChI=1S/C14H22N2/c1-3-12-4-6-13(7-5-12)15-14-8-10-16(2)11-9-14/h4-7,14-15H,3,8-11H2,1-2H3. The van der Waals surface area contributed by atoms with E-state index in [1.807, 2.05) is 0 Å². The molecule has 1 heterocycles. The number of hydrogen-bond acceptors (Lipinski definition) is 2. The Hall–Kier alpha value is -1.02. The highest BCUT2D eigenvalue weighted by atomic mass is 15.1. The minimum absolute atomic E-state index is 0.656. The molecule has 1 aliphatic heterocycles. The Kier molecular flexibility index (Phi) is 3.83. The quantitative estimate of drug-likeness (QED) is 0.839. The van der Waals surface area contributed by atoms with Crippen LogP contribution in [0.15, 0.2) is 24.3 Å². The summed E-state index contributed by atoms with van der Waals surface area (Å²) in [6.45, 7) is 4.62. The van der Waals surface area contributed by atoms with Crippen LogP contribution in [0.3, 0.4) is 0 Å². The fourth-order valence-corrected chi connectivity index (χ4v) is 2.23. The molecular formula is C14H22N2. The topological polar surface area (TPSA) is 15.3 Å². The van der Waals surface area contributed by atoms with Crippen molar-refractivity contribution in [2.45, 2.75) is 32.2 Å². The molecule has 0 aliphatic carbocycles. The van der Waals surface area contributed by atoms with E-state index in [9.17, 15) is 0 Å². The van der Waals surface area contributed by atoms with Crippen LogP contribution in [0, 0.1) is 0 Å². The third kappa shape index (κ3) is 2.99. The van der Waals surface area contributed by atoms with E-state index < -0.39 is 0 Å². The van der Waals surface area contributed by atoms with Gasteiger partial charge in [0.25, 0.3) is 0 Å². The molecular weight excluding hydrogens is 196 g/mol. The smallest absolute Gasteiger partial charge is 0.0342 e. The molecule has 1 fully saturated rings. The first-order valence-electron chi connectivity index (χ1n) is 6.32. The largest absolute Gasteiger partial charge is 0.382 e. The van der Waals surface area contributed by atoms with Crippen molar-refractivity contribution in [3.05, 3.63) is 29.8 Å². The molecule has 1 N–H and O–H groups in total. The number of likely N-dealkylation sites (tertiary alicyclic amines) is 1. The second kappa shape index (κ2) is 5.35. The number of piperidine rings is 1. The van der Waals surface area contributed by atoms with Gasteiger partial charge in [-0.1, -0.05) is 19.1 Å². The van der Waals surface area contributed by atoms with Gasteiger partial charge >= 0.3 is 0 Å². The molecule has 16 heavy (non-hydrogen) atoms. The number of rotatable bonds is 3. The maximum Gasteiger partial charge on any atom is 0.0342 e. The molecule has 2 heteroatoms. The summed E-state index contributed by atoms with van der Waals surface area (Å²) in [5, 5.41) is 3.63. The first kappa shape index (κ1) is 11.5. The Morgan fingerprint density at radius 3 is 2.38 bits per heavy atom. The average Bonchev–Trinajstić information content (AvgIpc) is 2.33. The number of hydrogen-bond donors (Lipinski definition) is 1. The van der Waals surface area contributed by atoms with Crippen molar-refractivity contribution < 1.29 is 0 Å². The monoisotopic (exact) mass is 218 g/mol. The van der Waals surface area contributed by atoms with Crippen LogP contribution in [0.1, 0.15) is 25.3 Å². The Bertz CT molecular complexity index is 310. The number of nitrogens with one attached hydrogen (secondary N) is 1. The van der Waals surface area contributed by atoms with Crippen LogP contribution in [0.2, 0.25) is 0 Å². The van der Waals surface area contributed by atoms with E-state index in [2.05, 4.69) is 48.5 Å². The summed E-state index contributed by atoms with van der Waals surface area (Å²) < 4.78 is 0. The molecule has 1 aromatic rings. The Labute approximate surface area is 98.7 Å². The predicted octanol–water partition coefficient (Wildman–Crippen LogP) is 2.76. The maximum absolute atomic E-state index is 3.63. The molecule has 0 aromatic heterocycles. The molecule has 0 saturated carbocycles. The van der Waals surface area contributed by atoms with E-state index in [-0.39, 0.29) is 0 Å². The minimum Gasteiger partial charge on any atom is -0.382 e. The Morgan fingerprint density at radius 1 is 1.19 bits per heavy atom. The first-order valence-corrected chi connectivity index (χ1v) is 6.32. The van der Waals surface area contributed by atoms with E-state index in [0.29, 0.717) is 6.04 Å². The van der Waals surface area contributed by atoms with Crippen LogP contribution in [-0.2, 0) is 6.42 Å². The summed E-state index contributed by atoms with van der Waals surface area (Å²) >= 11 is 0. The van der Waals surface area contributed by atoms with Crippen molar-refractivity contribution in [2.24, 2.45) is 0 Å². The van der Waals surface area contributed by atoms with Gasteiger partial charge in [-0.25, -0.2) is 0 Å². The molecule has 0 radical (unpaired) electrons. The lowest BCUT2D eigenvalue weighted by molar-refractivity contribution is 0.264. The fraction of sp³-hybridized carbons (Fsp3) is 0.571. The minimum atomic E-state index is 0.656. The van der Waals surface area contributed by atoms with Crippen LogP contribution < -0.4 is 5.32 Å². The number of anilines is 1. The van der Waals surface area contributed by atoms with Crippen LogP contribution >= 0.6 is 0 Å². The molecule has 0 amide bonds. The van der Waals surface area contributed by atoms with Gasteiger partial charge in [-0.15, -0.1) is 0 Å². The van der Waals surface area contributed by atoms with Crippen molar-refractivity contribution in [2.75, 3.05) is 25.5 Å². The van der Waals surface area contributed by atoms with Gasteiger partial charge in [0.15, 0.2) is 0 Å². The van der Waals surface area contributed by atoms with E-state index >= 15 is 0 Å². The van der Waals surface area contributed by atoms with Gasteiger partial charge in [-0.2, -0.15) is 0 Å². The molecule has 1 aliphatic rings. The molecule has 88 valence electrons. The van der Waals surface area contributed by atoms with Crippen molar-refractivity contribution in [3.63, 3.8) is 0 Å². The maximum atomic E-state index is 3.63. The van der Waals surface area contributed by atoms with Gasteiger partial charge in [0, 0.05) is 11.7 Å². The zero-order valence-corrected chi connectivity index (χ0v) is 10.4. The van der Waals surface area contributed by atoms with Crippen molar-refractivity contribution in [3.8, 4) is 0 Å². The number of nitrogens with zero attached hydrogens (tertiary/aromatic N) is 1. The second-order valence-corrected chi connectivity index (χ2v) is 4.77. The lowest BCUT2D eigenvalue weighted by Crippen LogP contribution is -2.36.